The van der Waals surface area contributed by atoms with Gasteiger partial charge in [-0.25, -0.2) is 9.78 Å². The first-order valence-electron chi connectivity index (χ1n) is 10.8. The first-order chi connectivity index (χ1) is 14.3. The molecule has 2 fully saturated rings. The molecule has 1 aromatic heterocycles. The first-order valence-corrected chi connectivity index (χ1v) is 10.8. The molecular weight excluding hydrogens is 364 g/mol. The number of benzene rings is 1. The molecule has 2 N–H and O–H groups in total. The van der Waals surface area contributed by atoms with Gasteiger partial charge < -0.3 is 15.5 Å². The van der Waals surface area contributed by atoms with Gasteiger partial charge in [0.25, 0.3) is 0 Å². The summed E-state index contributed by atoms with van der Waals surface area (Å²) in [5.74, 6) is 1.29. The van der Waals surface area contributed by atoms with E-state index in [-0.39, 0.29) is 12.1 Å². The van der Waals surface area contributed by atoms with Crippen molar-refractivity contribution in [2.45, 2.75) is 57.5 Å². The maximum Gasteiger partial charge on any atom is 0.323 e. The number of fused-ring (bicyclic) bond motifs is 1. The summed E-state index contributed by atoms with van der Waals surface area (Å²) in [4.78, 5) is 26.0. The van der Waals surface area contributed by atoms with Crippen LogP contribution < -0.4 is 20.4 Å². The monoisotopic (exact) mass is 392 g/mol. The minimum atomic E-state index is -0.0417. The van der Waals surface area contributed by atoms with E-state index < -0.39 is 0 Å². The van der Waals surface area contributed by atoms with Gasteiger partial charge in [-0.2, -0.15) is 4.98 Å². The Hall–Kier alpha value is -2.83. The van der Waals surface area contributed by atoms with Gasteiger partial charge in [-0.15, -0.1) is 0 Å². The van der Waals surface area contributed by atoms with Gasteiger partial charge in [-0.1, -0.05) is 12.8 Å². The molecule has 2 aliphatic heterocycles. The SMILES string of the molecule is O=C1NCc2cnc(Nc3ccc(N4CCCCC4)cc3)nc2N1C1CCCC1. The summed E-state index contributed by atoms with van der Waals surface area (Å²) >= 11 is 0. The van der Waals surface area contributed by atoms with Crippen molar-refractivity contribution in [3.63, 3.8) is 0 Å². The molecule has 3 heterocycles. The van der Waals surface area contributed by atoms with E-state index in [2.05, 4.69) is 44.8 Å². The van der Waals surface area contributed by atoms with Crippen LogP contribution in [0.15, 0.2) is 30.5 Å². The van der Waals surface area contributed by atoms with Gasteiger partial charge in [0.2, 0.25) is 5.95 Å². The first kappa shape index (κ1) is 18.2. The number of nitrogens with zero attached hydrogens (tertiary/aromatic N) is 4. The van der Waals surface area contributed by atoms with Crippen LogP contribution in [0.25, 0.3) is 0 Å². The molecule has 7 nitrogen and oxygen atoms in total. The Bertz CT molecular complexity index is 871. The highest BCUT2D eigenvalue weighted by Gasteiger charge is 2.33. The molecule has 1 saturated heterocycles. The molecule has 0 spiro atoms. The standard InChI is InChI=1S/C22H28N6O/c29-22-24-15-16-14-23-21(26-20(16)28(22)19-6-2-3-7-19)25-17-8-10-18(11-9-17)27-12-4-1-5-13-27/h8-11,14,19H,1-7,12-13,15H2,(H,24,29)(H,23,25,26). The number of carbonyl (C=O) groups excluding carboxylic acids is 1. The third kappa shape index (κ3) is 3.73. The van der Waals surface area contributed by atoms with Crippen molar-refractivity contribution in [1.82, 2.24) is 15.3 Å². The summed E-state index contributed by atoms with van der Waals surface area (Å²) in [6.07, 6.45) is 10.1. The summed E-state index contributed by atoms with van der Waals surface area (Å²) in [6, 6.07) is 8.66. The van der Waals surface area contributed by atoms with Crippen LogP contribution in [-0.4, -0.2) is 35.1 Å². The summed E-state index contributed by atoms with van der Waals surface area (Å²) in [5, 5.41) is 6.26. The molecule has 0 unspecified atom stereocenters. The molecule has 5 rings (SSSR count). The van der Waals surface area contributed by atoms with Crippen molar-refractivity contribution in [3.8, 4) is 0 Å². The fourth-order valence-corrected chi connectivity index (χ4v) is 4.68. The zero-order valence-electron chi connectivity index (χ0n) is 16.7. The molecule has 152 valence electrons. The highest BCUT2D eigenvalue weighted by atomic mass is 16.2. The van der Waals surface area contributed by atoms with Gasteiger partial charge in [0, 0.05) is 48.8 Å². The van der Waals surface area contributed by atoms with Crippen molar-refractivity contribution < 1.29 is 4.79 Å². The average Bonchev–Trinajstić information content (AvgIpc) is 3.29. The number of rotatable bonds is 4. The average molecular weight is 393 g/mol. The van der Waals surface area contributed by atoms with Crippen LogP contribution in [0.1, 0.15) is 50.5 Å². The van der Waals surface area contributed by atoms with Gasteiger partial charge in [0.15, 0.2) is 0 Å². The second-order valence-corrected chi connectivity index (χ2v) is 8.23. The Kier molecular flexibility index (Phi) is 4.96. The second-order valence-electron chi connectivity index (χ2n) is 8.23. The predicted octanol–water partition coefficient (Wildman–Crippen LogP) is 4.18. The Labute approximate surface area is 171 Å². The second kappa shape index (κ2) is 7.89. The van der Waals surface area contributed by atoms with Crippen LogP contribution in [0.2, 0.25) is 0 Å². The molecule has 1 aromatic carbocycles. The van der Waals surface area contributed by atoms with Crippen molar-refractivity contribution in [2.75, 3.05) is 28.2 Å². The molecule has 2 amide bonds. The lowest BCUT2D eigenvalue weighted by Crippen LogP contribution is -2.49. The third-order valence-corrected chi connectivity index (χ3v) is 6.25. The number of hydrogen-bond acceptors (Lipinski definition) is 5. The predicted molar refractivity (Wildman–Crippen MR) is 115 cm³/mol. The lowest BCUT2D eigenvalue weighted by molar-refractivity contribution is 0.241. The largest absolute Gasteiger partial charge is 0.372 e. The Balaban J connectivity index is 1.35. The maximum atomic E-state index is 12.5. The fraction of sp³-hybridized carbons (Fsp3) is 0.500. The Morgan fingerprint density at radius 1 is 1.00 bits per heavy atom. The molecule has 7 heteroatoms. The number of nitrogens with one attached hydrogen (secondary N) is 2. The van der Waals surface area contributed by atoms with E-state index in [0.717, 1.165) is 43.0 Å². The zero-order valence-corrected chi connectivity index (χ0v) is 16.7. The lowest BCUT2D eigenvalue weighted by Gasteiger charge is -2.33. The van der Waals surface area contributed by atoms with Crippen LogP contribution in [0, 0.1) is 0 Å². The molecule has 0 radical (unpaired) electrons. The van der Waals surface area contributed by atoms with Crippen molar-refractivity contribution in [3.05, 3.63) is 36.0 Å². The number of amides is 2. The maximum absolute atomic E-state index is 12.5. The number of carbonyl (C=O) groups is 1. The minimum Gasteiger partial charge on any atom is -0.372 e. The summed E-state index contributed by atoms with van der Waals surface area (Å²) in [7, 11) is 0. The topological polar surface area (TPSA) is 73.4 Å². The molecule has 0 bridgehead atoms. The van der Waals surface area contributed by atoms with Crippen LogP contribution >= 0.6 is 0 Å². The van der Waals surface area contributed by atoms with Gasteiger partial charge in [0.05, 0.1) is 0 Å². The Morgan fingerprint density at radius 2 is 1.76 bits per heavy atom. The van der Waals surface area contributed by atoms with Gasteiger partial charge >= 0.3 is 6.03 Å². The number of urea groups is 1. The van der Waals surface area contributed by atoms with E-state index in [1.807, 2.05) is 11.1 Å². The minimum absolute atomic E-state index is 0.0417. The lowest BCUT2D eigenvalue weighted by atomic mass is 10.1. The van der Waals surface area contributed by atoms with Crippen molar-refractivity contribution in [2.24, 2.45) is 0 Å². The summed E-state index contributed by atoms with van der Waals surface area (Å²) in [6.45, 7) is 2.77. The molecule has 0 atom stereocenters. The fourth-order valence-electron chi connectivity index (χ4n) is 4.68. The van der Waals surface area contributed by atoms with Crippen LogP contribution in [-0.2, 0) is 6.54 Å². The van der Waals surface area contributed by atoms with E-state index in [9.17, 15) is 4.79 Å². The molecule has 1 saturated carbocycles. The molecular formula is C22H28N6O. The highest BCUT2D eigenvalue weighted by Crippen LogP contribution is 2.32. The van der Waals surface area contributed by atoms with E-state index in [4.69, 9.17) is 4.98 Å². The van der Waals surface area contributed by atoms with E-state index in [1.165, 1.54) is 37.8 Å². The highest BCUT2D eigenvalue weighted by molar-refractivity contribution is 5.94. The summed E-state index contributed by atoms with van der Waals surface area (Å²) in [5.41, 5.74) is 3.20. The van der Waals surface area contributed by atoms with Gasteiger partial charge in [-0.3, -0.25) is 4.90 Å². The quantitative estimate of drug-likeness (QED) is 0.816. The third-order valence-electron chi connectivity index (χ3n) is 6.25. The number of anilines is 4. The smallest absolute Gasteiger partial charge is 0.323 e. The van der Waals surface area contributed by atoms with Gasteiger partial charge in [0.1, 0.15) is 5.82 Å². The van der Waals surface area contributed by atoms with E-state index >= 15 is 0 Å². The number of hydrogen-bond donors (Lipinski definition) is 2. The number of aromatic nitrogens is 2. The van der Waals surface area contributed by atoms with Crippen molar-refractivity contribution in [1.29, 1.82) is 0 Å². The van der Waals surface area contributed by atoms with Crippen LogP contribution in [0.4, 0.5) is 27.9 Å². The molecule has 3 aliphatic rings. The van der Waals surface area contributed by atoms with Gasteiger partial charge in [-0.05, 0) is 56.4 Å². The van der Waals surface area contributed by atoms with Crippen molar-refractivity contribution >= 4 is 29.2 Å². The molecule has 29 heavy (non-hydrogen) atoms. The molecule has 1 aliphatic carbocycles. The van der Waals surface area contributed by atoms with Crippen LogP contribution in [0.3, 0.4) is 0 Å². The normalized spacial score (nSPS) is 19.8. The number of piperidine rings is 1. The molecule has 2 aromatic rings. The summed E-state index contributed by atoms with van der Waals surface area (Å²) < 4.78 is 0. The van der Waals surface area contributed by atoms with E-state index in [0.29, 0.717) is 12.5 Å². The van der Waals surface area contributed by atoms with E-state index in [1.54, 1.807) is 0 Å². The van der Waals surface area contributed by atoms with Crippen LogP contribution in [0.5, 0.6) is 0 Å². The Morgan fingerprint density at radius 3 is 2.52 bits per heavy atom. The zero-order chi connectivity index (χ0) is 19.6.